The third-order valence-electron chi connectivity index (χ3n) is 4.38. The predicted octanol–water partition coefficient (Wildman–Crippen LogP) is 1.50. The Hall–Kier alpha value is -2.24. The molecule has 1 amide bonds. The maximum absolute atomic E-state index is 12.2. The van der Waals surface area contributed by atoms with Gasteiger partial charge in [0, 0.05) is 12.0 Å². The number of nitrogens with zero attached hydrogens (tertiary/aromatic N) is 1. The molecule has 120 valence electrons. The Kier molecular flexibility index (Phi) is 4.04. The molecular formula is C16H23N3O3. The van der Waals surface area contributed by atoms with Crippen LogP contribution >= 0.6 is 0 Å². The van der Waals surface area contributed by atoms with Crippen LogP contribution in [-0.2, 0) is 11.2 Å². The maximum atomic E-state index is 12.2. The van der Waals surface area contributed by atoms with Crippen LogP contribution in [0.3, 0.4) is 0 Å². The topological polar surface area (TPSA) is 99.9 Å². The van der Waals surface area contributed by atoms with Gasteiger partial charge in [0.1, 0.15) is 11.5 Å². The second-order valence-electron chi connectivity index (χ2n) is 5.89. The average Bonchev–Trinajstić information content (AvgIpc) is 2.44. The first-order valence-electron chi connectivity index (χ1n) is 7.21. The molecule has 1 aliphatic heterocycles. The molecule has 0 saturated heterocycles. The Bertz CT molecular complexity index is 663. The SMILES string of the molecule is COc1c(C)c(C)c2c(c1C)CCC(C)(C(=O)N=C(N)N)O2. The van der Waals surface area contributed by atoms with E-state index in [0.29, 0.717) is 12.8 Å². The molecule has 0 aromatic heterocycles. The van der Waals surface area contributed by atoms with Crippen molar-refractivity contribution in [3.8, 4) is 11.5 Å². The van der Waals surface area contributed by atoms with Crippen LogP contribution in [0.2, 0.25) is 0 Å². The van der Waals surface area contributed by atoms with Crippen LogP contribution in [0.15, 0.2) is 4.99 Å². The zero-order valence-electron chi connectivity index (χ0n) is 13.7. The summed E-state index contributed by atoms with van der Waals surface area (Å²) in [5.41, 5.74) is 13.7. The lowest BCUT2D eigenvalue weighted by atomic mass is 9.87. The molecule has 2 rings (SSSR count). The molecule has 4 N–H and O–H groups in total. The van der Waals surface area contributed by atoms with E-state index in [1.807, 2.05) is 20.8 Å². The van der Waals surface area contributed by atoms with Gasteiger partial charge in [-0.2, -0.15) is 4.99 Å². The number of amides is 1. The van der Waals surface area contributed by atoms with Crippen LogP contribution in [0.4, 0.5) is 0 Å². The highest BCUT2D eigenvalue weighted by molar-refractivity contribution is 5.96. The third kappa shape index (κ3) is 2.49. The second kappa shape index (κ2) is 5.51. The summed E-state index contributed by atoms with van der Waals surface area (Å²) in [5.74, 6) is 0.908. The molecule has 6 nitrogen and oxygen atoms in total. The Morgan fingerprint density at radius 2 is 1.86 bits per heavy atom. The Morgan fingerprint density at radius 3 is 2.41 bits per heavy atom. The maximum Gasteiger partial charge on any atom is 0.292 e. The van der Waals surface area contributed by atoms with Crippen molar-refractivity contribution in [2.24, 2.45) is 16.5 Å². The predicted molar refractivity (Wildman–Crippen MR) is 85.4 cm³/mol. The van der Waals surface area contributed by atoms with Crippen molar-refractivity contribution >= 4 is 11.9 Å². The number of fused-ring (bicyclic) bond motifs is 1. The van der Waals surface area contributed by atoms with Gasteiger partial charge in [0.2, 0.25) is 0 Å². The van der Waals surface area contributed by atoms with Crippen molar-refractivity contribution in [3.05, 3.63) is 22.3 Å². The first kappa shape index (κ1) is 16.1. The van der Waals surface area contributed by atoms with E-state index in [0.717, 1.165) is 33.8 Å². The summed E-state index contributed by atoms with van der Waals surface area (Å²) >= 11 is 0. The average molecular weight is 305 g/mol. The van der Waals surface area contributed by atoms with Gasteiger partial charge in [-0.05, 0) is 50.8 Å². The van der Waals surface area contributed by atoms with Crippen molar-refractivity contribution in [3.63, 3.8) is 0 Å². The molecule has 0 saturated carbocycles. The van der Waals surface area contributed by atoms with E-state index in [4.69, 9.17) is 20.9 Å². The molecular weight excluding hydrogens is 282 g/mol. The lowest BCUT2D eigenvalue weighted by Gasteiger charge is -2.35. The minimum atomic E-state index is -1.05. The fraction of sp³-hybridized carbons (Fsp3) is 0.500. The standard InChI is InChI=1S/C16H23N3O3/c1-8-9(2)13-11(10(3)12(8)21-5)6-7-16(4,22-13)14(20)19-15(17)18/h6-7H2,1-5H3,(H4,17,18,19,20). The minimum absolute atomic E-state index is 0.251. The molecule has 22 heavy (non-hydrogen) atoms. The van der Waals surface area contributed by atoms with Crippen LogP contribution in [0, 0.1) is 20.8 Å². The number of benzene rings is 1. The molecule has 1 atom stereocenters. The summed E-state index contributed by atoms with van der Waals surface area (Å²) in [5, 5.41) is 0. The van der Waals surface area contributed by atoms with Crippen molar-refractivity contribution < 1.29 is 14.3 Å². The van der Waals surface area contributed by atoms with Crippen LogP contribution in [-0.4, -0.2) is 24.6 Å². The van der Waals surface area contributed by atoms with Gasteiger partial charge in [0.15, 0.2) is 11.6 Å². The number of guanidine groups is 1. The summed E-state index contributed by atoms with van der Waals surface area (Å²) in [4.78, 5) is 15.9. The van der Waals surface area contributed by atoms with Crippen molar-refractivity contribution in [2.45, 2.75) is 46.1 Å². The van der Waals surface area contributed by atoms with Gasteiger partial charge in [0.25, 0.3) is 5.91 Å². The van der Waals surface area contributed by atoms with E-state index >= 15 is 0 Å². The van der Waals surface area contributed by atoms with Crippen molar-refractivity contribution in [1.82, 2.24) is 0 Å². The highest BCUT2D eigenvalue weighted by Gasteiger charge is 2.41. The quantitative estimate of drug-likeness (QED) is 0.637. The first-order valence-corrected chi connectivity index (χ1v) is 7.21. The summed E-state index contributed by atoms with van der Waals surface area (Å²) in [7, 11) is 1.66. The number of hydrogen-bond donors (Lipinski definition) is 2. The zero-order chi connectivity index (χ0) is 16.7. The van der Waals surface area contributed by atoms with Gasteiger partial charge in [-0.15, -0.1) is 0 Å². The number of aliphatic imine (C=N–C) groups is 1. The molecule has 1 aromatic carbocycles. The monoisotopic (exact) mass is 305 g/mol. The van der Waals surface area contributed by atoms with E-state index < -0.39 is 11.5 Å². The highest BCUT2D eigenvalue weighted by Crippen LogP contribution is 2.43. The van der Waals surface area contributed by atoms with Crippen LogP contribution < -0.4 is 20.9 Å². The highest BCUT2D eigenvalue weighted by atomic mass is 16.5. The van der Waals surface area contributed by atoms with Gasteiger partial charge >= 0.3 is 0 Å². The molecule has 1 heterocycles. The fourth-order valence-corrected chi connectivity index (χ4v) is 2.93. The normalized spacial score (nSPS) is 19.9. The molecule has 0 bridgehead atoms. The largest absolute Gasteiger partial charge is 0.496 e. The van der Waals surface area contributed by atoms with E-state index in [1.54, 1.807) is 14.0 Å². The zero-order valence-corrected chi connectivity index (χ0v) is 13.7. The molecule has 1 aromatic rings. The van der Waals surface area contributed by atoms with Gasteiger partial charge < -0.3 is 20.9 Å². The van der Waals surface area contributed by atoms with Gasteiger partial charge in [-0.1, -0.05) is 0 Å². The van der Waals surface area contributed by atoms with E-state index in [9.17, 15) is 4.79 Å². The molecule has 0 aliphatic carbocycles. The number of ether oxygens (including phenoxy) is 2. The van der Waals surface area contributed by atoms with Crippen LogP contribution in [0.25, 0.3) is 0 Å². The Morgan fingerprint density at radius 1 is 1.23 bits per heavy atom. The fourth-order valence-electron chi connectivity index (χ4n) is 2.93. The minimum Gasteiger partial charge on any atom is -0.496 e. The summed E-state index contributed by atoms with van der Waals surface area (Å²) in [6.45, 7) is 7.68. The summed E-state index contributed by atoms with van der Waals surface area (Å²) in [6.07, 6.45) is 1.23. The first-order chi connectivity index (χ1) is 10.2. The molecule has 1 unspecified atom stereocenters. The number of hydrogen-bond acceptors (Lipinski definition) is 3. The third-order valence-corrected chi connectivity index (χ3v) is 4.38. The molecule has 6 heteroatoms. The van der Waals surface area contributed by atoms with E-state index in [-0.39, 0.29) is 5.96 Å². The second-order valence-corrected chi connectivity index (χ2v) is 5.89. The van der Waals surface area contributed by atoms with Crippen molar-refractivity contribution in [1.29, 1.82) is 0 Å². The summed E-state index contributed by atoms with van der Waals surface area (Å²) in [6, 6.07) is 0. The molecule has 0 radical (unpaired) electrons. The smallest absolute Gasteiger partial charge is 0.292 e. The molecule has 0 spiro atoms. The lowest BCUT2D eigenvalue weighted by molar-refractivity contribution is -0.133. The van der Waals surface area contributed by atoms with Crippen LogP contribution in [0.1, 0.15) is 35.6 Å². The van der Waals surface area contributed by atoms with Gasteiger partial charge in [-0.25, -0.2) is 0 Å². The number of carbonyl (C=O) groups excluding carboxylic acids is 1. The number of rotatable bonds is 2. The Balaban J connectivity index is 2.52. The number of carbonyl (C=O) groups is 1. The van der Waals surface area contributed by atoms with Gasteiger partial charge in [-0.3, -0.25) is 4.79 Å². The van der Waals surface area contributed by atoms with Crippen molar-refractivity contribution in [2.75, 3.05) is 7.11 Å². The molecule has 1 aliphatic rings. The summed E-state index contributed by atoms with van der Waals surface area (Å²) < 4.78 is 11.5. The van der Waals surface area contributed by atoms with E-state index in [2.05, 4.69) is 4.99 Å². The van der Waals surface area contributed by atoms with Crippen LogP contribution in [0.5, 0.6) is 11.5 Å². The van der Waals surface area contributed by atoms with E-state index in [1.165, 1.54) is 0 Å². The number of methoxy groups -OCH3 is 1. The number of nitrogens with two attached hydrogens (primary N) is 2. The lowest BCUT2D eigenvalue weighted by Crippen LogP contribution is -2.45. The van der Waals surface area contributed by atoms with Gasteiger partial charge in [0.05, 0.1) is 7.11 Å². The Labute approximate surface area is 130 Å². The molecule has 0 fully saturated rings.